The van der Waals surface area contributed by atoms with Crippen molar-refractivity contribution in [3.63, 3.8) is 0 Å². The predicted molar refractivity (Wildman–Crippen MR) is 93.1 cm³/mol. The van der Waals surface area contributed by atoms with E-state index in [-0.39, 0.29) is 11.9 Å². The number of halogens is 1. The molecule has 0 bridgehead atoms. The van der Waals surface area contributed by atoms with Gasteiger partial charge in [0.15, 0.2) is 0 Å². The number of carbonyl (C=O) groups is 2. The first-order valence-corrected chi connectivity index (χ1v) is 9.06. The normalized spacial score (nSPS) is 21.5. The molecule has 8 heteroatoms. The molecule has 7 nitrogen and oxygen atoms in total. The lowest BCUT2D eigenvalue weighted by molar-refractivity contribution is 0.0697. The van der Waals surface area contributed by atoms with Crippen molar-refractivity contribution in [1.82, 2.24) is 14.8 Å². The number of aromatic nitrogens is 1. The van der Waals surface area contributed by atoms with Crippen molar-refractivity contribution in [1.29, 1.82) is 0 Å². The van der Waals surface area contributed by atoms with E-state index < -0.39 is 6.09 Å². The Morgan fingerprint density at radius 1 is 1.32 bits per heavy atom. The van der Waals surface area contributed by atoms with Gasteiger partial charge in [-0.25, -0.2) is 9.78 Å². The number of pyridine rings is 1. The molecule has 1 saturated heterocycles. The third-order valence-corrected chi connectivity index (χ3v) is 5.71. The number of nitrogens with zero attached hydrogens (tertiary/aromatic N) is 4. The van der Waals surface area contributed by atoms with E-state index in [4.69, 9.17) is 16.7 Å². The molecule has 134 valence electrons. The first kappa shape index (κ1) is 16.4. The monoisotopic (exact) mass is 364 g/mol. The summed E-state index contributed by atoms with van der Waals surface area (Å²) in [6.45, 7) is 4.51. The fourth-order valence-electron chi connectivity index (χ4n) is 3.81. The van der Waals surface area contributed by atoms with Gasteiger partial charge in [-0.05, 0) is 37.3 Å². The molecule has 3 aliphatic rings. The van der Waals surface area contributed by atoms with Crippen LogP contribution in [0, 0.1) is 5.92 Å². The van der Waals surface area contributed by atoms with Crippen LogP contribution in [-0.4, -0.2) is 64.1 Å². The Morgan fingerprint density at radius 2 is 2.00 bits per heavy atom. The molecule has 0 aromatic carbocycles. The number of fused-ring (bicyclic) bond motifs is 1. The molecule has 0 spiro atoms. The van der Waals surface area contributed by atoms with Gasteiger partial charge in [0.2, 0.25) is 0 Å². The molecule has 0 radical (unpaired) electrons. The van der Waals surface area contributed by atoms with Crippen LogP contribution in [0.1, 0.15) is 35.7 Å². The molecule has 4 rings (SSSR count). The van der Waals surface area contributed by atoms with E-state index in [9.17, 15) is 9.59 Å². The number of hydrogen-bond donors (Lipinski definition) is 1. The molecule has 1 aliphatic carbocycles. The summed E-state index contributed by atoms with van der Waals surface area (Å²) in [6, 6.07) is 2.01. The molecular weight excluding hydrogens is 344 g/mol. The largest absolute Gasteiger partial charge is 0.465 e. The van der Waals surface area contributed by atoms with Gasteiger partial charge in [-0.15, -0.1) is 0 Å². The van der Waals surface area contributed by atoms with Gasteiger partial charge in [-0.3, -0.25) is 4.79 Å². The lowest BCUT2D eigenvalue weighted by Crippen LogP contribution is -2.49. The minimum absolute atomic E-state index is 0.0224. The summed E-state index contributed by atoms with van der Waals surface area (Å²) in [6.07, 6.45) is 1.46. The molecule has 3 heterocycles. The maximum atomic E-state index is 13.0. The lowest BCUT2D eigenvalue weighted by atomic mass is 10.1. The van der Waals surface area contributed by atoms with Gasteiger partial charge in [-0.2, -0.15) is 0 Å². The van der Waals surface area contributed by atoms with Gasteiger partial charge in [0, 0.05) is 38.8 Å². The SMILES string of the molecule is CC(C1CC1)N1Cc2cc(Cl)nc(N3CCN(C(=O)O)CC3)c2C1=O. The second-order valence-electron chi connectivity index (χ2n) is 7.07. The van der Waals surface area contributed by atoms with E-state index >= 15 is 0 Å². The average molecular weight is 365 g/mol. The molecule has 2 fully saturated rings. The highest BCUT2D eigenvalue weighted by Gasteiger charge is 2.41. The van der Waals surface area contributed by atoms with Crippen LogP contribution in [0.4, 0.5) is 10.6 Å². The van der Waals surface area contributed by atoms with Crippen LogP contribution in [0.15, 0.2) is 6.07 Å². The Morgan fingerprint density at radius 3 is 2.60 bits per heavy atom. The van der Waals surface area contributed by atoms with E-state index in [2.05, 4.69) is 11.9 Å². The molecule has 2 amide bonds. The maximum Gasteiger partial charge on any atom is 0.407 e. The van der Waals surface area contributed by atoms with E-state index in [0.717, 1.165) is 5.56 Å². The summed E-state index contributed by atoms with van der Waals surface area (Å²) in [5.74, 6) is 1.22. The van der Waals surface area contributed by atoms with Gasteiger partial charge in [-0.1, -0.05) is 11.6 Å². The molecule has 1 unspecified atom stereocenters. The molecule has 1 N–H and O–H groups in total. The second kappa shape index (κ2) is 6.05. The number of rotatable bonds is 3. The quantitative estimate of drug-likeness (QED) is 0.833. The Kier molecular flexibility index (Phi) is 3.98. The molecular formula is C17H21ClN4O3. The van der Waals surface area contributed by atoms with E-state index in [0.29, 0.717) is 55.2 Å². The third kappa shape index (κ3) is 2.90. The highest BCUT2D eigenvalue weighted by atomic mass is 35.5. The zero-order chi connectivity index (χ0) is 17.7. The average Bonchev–Trinajstić information content (AvgIpc) is 3.38. The van der Waals surface area contributed by atoms with Gasteiger partial charge in [0.1, 0.15) is 11.0 Å². The van der Waals surface area contributed by atoms with Crippen LogP contribution < -0.4 is 4.90 Å². The topological polar surface area (TPSA) is 77.0 Å². The first-order chi connectivity index (χ1) is 12.0. The van der Waals surface area contributed by atoms with Crippen LogP contribution in [0.2, 0.25) is 5.15 Å². The highest BCUT2D eigenvalue weighted by Crippen LogP contribution is 2.40. The van der Waals surface area contributed by atoms with E-state index in [1.807, 2.05) is 9.80 Å². The molecule has 2 aliphatic heterocycles. The van der Waals surface area contributed by atoms with Crippen molar-refractivity contribution in [3.05, 3.63) is 22.3 Å². The number of carbonyl (C=O) groups excluding carboxylic acids is 1. The number of anilines is 1. The summed E-state index contributed by atoms with van der Waals surface area (Å²) >= 11 is 6.20. The van der Waals surface area contributed by atoms with Gasteiger partial charge >= 0.3 is 6.09 Å². The molecule has 1 aromatic heterocycles. The zero-order valence-corrected chi connectivity index (χ0v) is 14.9. The van der Waals surface area contributed by atoms with Crippen molar-refractivity contribution in [2.24, 2.45) is 5.92 Å². The van der Waals surface area contributed by atoms with Crippen LogP contribution in [-0.2, 0) is 6.54 Å². The third-order valence-electron chi connectivity index (χ3n) is 5.51. The standard InChI is InChI=1S/C17H21ClN4O3/c1-10(11-2-3-11)22-9-12-8-13(18)19-15(14(12)16(22)23)20-4-6-21(7-5-20)17(24)25/h8,10-11H,2-7,9H2,1H3,(H,24,25). The number of hydrogen-bond acceptors (Lipinski definition) is 4. The summed E-state index contributed by atoms with van der Waals surface area (Å²) < 4.78 is 0. The Bertz CT molecular complexity index is 729. The van der Waals surface area contributed by atoms with Crippen molar-refractivity contribution < 1.29 is 14.7 Å². The Balaban J connectivity index is 1.61. The summed E-state index contributed by atoms with van der Waals surface area (Å²) in [5.41, 5.74) is 1.56. The Hall–Kier alpha value is -2.02. The summed E-state index contributed by atoms with van der Waals surface area (Å²) in [4.78, 5) is 33.8. The van der Waals surface area contributed by atoms with E-state index in [1.54, 1.807) is 6.07 Å². The van der Waals surface area contributed by atoms with Gasteiger partial charge < -0.3 is 19.8 Å². The van der Waals surface area contributed by atoms with Crippen LogP contribution in [0.5, 0.6) is 0 Å². The lowest BCUT2D eigenvalue weighted by Gasteiger charge is -2.34. The molecule has 1 saturated carbocycles. The fraction of sp³-hybridized carbons (Fsp3) is 0.588. The molecule has 25 heavy (non-hydrogen) atoms. The second-order valence-corrected chi connectivity index (χ2v) is 7.46. The molecule has 1 aromatic rings. The van der Waals surface area contributed by atoms with Crippen molar-refractivity contribution in [2.75, 3.05) is 31.1 Å². The van der Waals surface area contributed by atoms with E-state index in [1.165, 1.54) is 17.7 Å². The maximum absolute atomic E-state index is 13.0. The van der Waals surface area contributed by atoms with Crippen molar-refractivity contribution >= 4 is 29.4 Å². The predicted octanol–water partition coefficient (Wildman–Crippen LogP) is 2.29. The number of carboxylic acid groups (broad SMARTS) is 1. The van der Waals surface area contributed by atoms with Crippen LogP contribution in [0.3, 0.4) is 0 Å². The van der Waals surface area contributed by atoms with Crippen molar-refractivity contribution in [3.8, 4) is 0 Å². The first-order valence-electron chi connectivity index (χ1n) is 8.69. The van der Waals surface area contributed by atoms with Gasteiger partial charge in [0.25, 0.3) is 5.91 Å². The van der Waals surface area contributed by atoms with Gasteiger partial charge in [0.05, 0.1) is 5.56 Å². The minimum atomic E-state index is -0.913. The number of piperazine rings is 1. The zero-order valence-electron chi connectivity index (χ0n) is 14.1. The fourth-order valence-corrected chi connectivity index (χ4v) is 4.02. The Labute approximate surface area is 151 Å². The highest BCUT2D eigenvalue weighted by molar-refractivity contribution is 6.29. The summed E-state index contributed by atoms with van der Waals surface area (Å²) in [5, 5.41) is 9.48. The summed E-state index contributed by atoms with van der Waals surface area (Å²) in [7, 11) is 0. The minimum Gasteiger partial charge on any atom is -0.465 e. The number of amides is 2. The van der Waals surface area contributed by atoms with Crippen molar-refractivity contribution in [2.45, 2.75) is 32.4 Å². The van der Waals surface area contributed by atoms with Crippen LogP contribution >= 0.6 is 11.6 Å². The molecule has 1 atom stereocenters. The smallest absolute Gasteiger partial charge is 0.407 e. The van der Waals surface area contributed by atoms with Crippen LogP contribution in [0.25, 0.3) is 0 Å².